The molecule has 2 N–H and O–H groups in total. The van der Waals surface area contributed by atoms with Crippen LogP contribution in [0.2, 0.25) is 0 Å². The second-order valence-corrected chi connectivity index (χ2v) is 5.73. The molecule has 0 radical (unpaired) electrons. The molecule has 1 aromatic carbocycles. The lowest BCUT2D eigenvalue weighted by Crippen LogP contribution is -2.39. The number of nitrogens with one attached hydrogen (secondary N) is 1. The van der Waals surface area contributed by atoms with Crippen LogP contribution in [-0.2, 0) is 0 Å². The molecule has 2 nitrogen and oxygen atoms in total. The zero-order valence-corrected chi connectivity index (χ0v) is 11.4. The van der Waals surface area contributed by atoms with Crippen LogP contribution in [0, 0.1) is 5.41 Å². The topological polar surface area (TPSA) is 32.3 Å². The number of hydrogen-bond acceptors (Lipinski definition) is 2. The summed E-state index contributed by atoms with van der Waals surface area (Å²) in [5, 5.41) is 13.3. The van der Waals surface area contributed by atoms with Crippen LogP contribution in [0.3, 0.4) is 0 Å². The second kappa shape index (κ2) is 6.35. The molecule has 0 unspecified atom stereocenters. The minimum absolute atomic E-state index is 0.126. The summed E-state index contributed by atoms with van der Waals surface area (Å²) in [5.41, 5.74) is 1.45. The minimum Gasteiger partial charge on any atom is -0.396 e. The van der Waals surface area contributed by atoms with E-state index in [0.29, 0.717) is 12.6 Å². The van der Waals surface area contributed by atoms with Crippen molar-refractivity contribution >= 4 is 0 Å². The van der Waals surface area contributed by atoms with Gasteiger partial charge in [-0.25, -0.2) is 0 Å². The first-order valence-corrected chi connectivity index (χ1v) is 7.15. The van der Waals surface area contributed by atoms with Crippen LogP contribution >= 0.6 is 0 Å². The van der Waals surface area contributed by atoms with Gasteiger partial charge in [0.1, 0.15) is 0 Å². The highest BCUT2D eigenvalue weighted by Gasteiger charge is 2.31. The maximum Gasteiger partial charge on any atom is 0.0499 e. The van der Waals surface area contributed by atoms with Crippen molar-refractivity contribution in [1.82, 2.24) is 5.32 Å². The molecule has 100 valence electrons. The molecule has 0 aromatic heterocycles. The third-order valence-corrected chi connectivity index (χ3v) is 4.33. The van der Waals surface area contributed by atoms with Crippen molar-refractivity contribution in [3.05, 3.63) is 35.9 Å². The summed E-state index contributed by atoms with van der Waals surface area (Å²) in [4.78, 5) is 0. The molecule has 0 amide bonds. The molecular formula is C16H25NO. The van der Waals surface area contributed by atoms with Crippen LogP contribution in [-0.4, -0.2) is 18.3 Å². The normalized spacial score (nSPS) is 20.6. The molecule has 1 aliphatic rings. The van der Waals surface area contributed by atoms with Crippen molar-refractivity contribution < 1.29 is 5.11 Å². The number of hydrogen-bond donors (Lipinski definition) is 2. The molecule has 0 aliphatic heterocycles. The number of rotatable bonds is 5. The van der Waals surface area contributed by atoms with E-state index in [2.05, 4.69) is 36.5 Å². The molecule has 1 saturated carbocycles. The second-order valence-electron chi connectivity index (χ2n) is 5.73. The zero-order valence-electron chi connectivity index (χ0n) is 11.4. The Kier molecular flexibility index (Phi) is 4.79. The lowest BCUT2D eigenvalue weighted by atomic mass is 9.74. The van der Waals surface area contributed by atoms with Gasteiger partial charge in [-0.05, 0) is 25.3 Å². The summed E-state index contributed by atoms with van der Waals surface area (Å²) in [7, 11) is 0. The van der Waals surface area contributed by atoms with E-state index in [4.69, 9.17) is 0 Å². The van der Waals surface area contributed by atoms with Gasteiger partial charge in [-0.1, -0.05) is 49.6 Å². The molecule has 0 saturated heterocycles. The monoisotopic (exact) mass is 247 g/mol. The van der Waals surface area contributed by atoms with E-state index in [1.807, 2.05) is 6.07 Å². The number of benzene rings is 1. The highest BCUT2D eigenvalue weighted by Crippen LogP contribution is 2.35. The molecule has 1 atom stereocenters. The first-order valence-electron chi connectivity index (χ1n) is 7.15. The van der Waals surface area contributed by atoms with Gasteiger partial charge in [-0.3, -0.25) is 0 Å². The van der Waals surface area contributed by atoms with Crippen molar-refractivity contribution in [3.63, 3.8) is 0 Å². The van der Waals surface area contributed by atoms with Gasteiger partial charge < -0.3 is 10.4 Å². The Bertz CT molecular complexity index is 343. The van der Waals surface area contributed by atoms with Crippen molar-refractivity contribution in [2.75, 3.05) is 13.2 Å². The first-order chi connectivity index (χ1) is 8.76. The minimum atomic E-state index is 0.126. The average molecular weight is 247 g/mol. The predicted molar refractivity (Wildman–Crippen MR) is 75.5 cm³/mol. The molecular weight excluding hydrogens is 222 g/mol. The highest BCUT2D eigenvalue weighted by atomic mass is 16.3. The Morgan fingerprint density at radius 1 is 1.17 bits per heavy atom. The molecule has 1 aromatic rings. The van der Waals surface area contributed by atoms with Gasteiger partial charge in [-0.2, -0.15) is 0 Å². The van der Waals surface area contributed by atoms with E-state index in [1.54, 1.807) is 0 Å². The van der Waals surface area contributed by atoms with Crippen LogP contribution in [0.15, 0.2) is 30.3 Å². The Labute approximate surface area is 110 Å². The fraction of sp³-hybridized carbons (Fsp3) is 0.625. The standard InChI is InChI=1S/C16H25NO/c1-14(15-8-4-2-5-9-15)17-12-16(13-18)10-6-3-7-11-16/h2,4-5,8-9,14,17-18H,3,6-7,10-13H2,1H3/t14-/m1/s1. The highest BCUT2D eigenvalue weighted by molar-refractivity contribution is 5.18. The van der Waals surface area contributed by atoms with Gasteiger partial charge in [-0.15, -0.1) is 0 Å². The average Bonchev–Trinajstić information content (AvgIpc) is 2.47. The number of aliphatic hydroxyl groups excluding tert-OH is 1. The van der Waals surface area contributed by atoms with Crippen molar-refractivity contribution in [2.45, 2.75) is 45.1 Å². The largest absolute Gasteiger partial charge is 0.396 e. The van der Waals surface area contributed by atoms with Gasteiger partial charge in [0.2, 0.25) is 0 Å². The van der Waals surface area contributed by atoms with Crippen LogP contribution in [0.5, 0.6) is 0 Å². The summed E-state index contributed by atoms with van der Waals surface area (Å²) >= 11 is 0. The van der Waals surface area contributed by atoms with E-state index >= 15 is 0 Å². The van der Waals surface area contributed by atoms with Gasteiger partial charge in [0.25, 0.3) is 0 Å². The Morgan fingerprint density at radius 2 is 1.83 bits per heavy atom. The summed E-state index contributed by atoms with van der Waals surface area (Å²) in [5.74, 6) is 0. The van der Waals surface area contributed by atoms with Crippen molar-refractivity contribution in [1.29, 1.82) is 0 Å². The van der Waals surface area contributed by atoms with Crippen LogP contribution in [0.1, 0.15) is 50.6 Å². The maximum absolute atomic E-state index is 9.68. The molecule has 1 fully saturated rings. The zero-order chi connectivity index (χ0) is 12.8. The first kappa shape index (κ1) is 13.6. The third kappa shape index (κ3) is 3.33. The Hall–Kier alpha value is -0.860. The molecule has 2 rings (SSSR count). The van der Waals surface area contributed by atoms with E-state index < -0.39 is 0 Å². The van der Waals surface area contributed by atoms with E-state index in [1.165, 1.54) is 24.8 Å². The molecule has 0 bridgehead atoms. The summed E-state index contributed by atoms with van der Waals surface area (Å²) in [6.07, 6.45) is 6.19. The number of aliphatic hydroxyl groups is 1. The predicted octanol–water partition coefficient (Wildman–Crippen LogP) is 3.28. The van der Waals surface area contributed by atoms with Crippen LogP contribution < -0.4 is 5.32 Å². The Morgan fingerprint density at radius 3 is 2.44 bits per heavy atom. The summed E-state index contributed by atoms with van der Waals surface area (Å²) in [6, 6.07) is 10.9. The van der Waals surface area contributed by atoms with E-state index in [-0.39, 0.29) is 5.41 Å². The smallest absolute Gasteiger partial charge is 0.0499 e. The quantitative estimate of drug-likeness (QED) is 0.837. The third-order valence-electron chi connectivity index (χ3n) is 4.33. The van der Waals surface area contributed by atoms with Crippen molar-refractivity contribution in [2.24, 2.45) is 5.41 Å². The molecule has 1 aliphatic carbocycles. The van der Waals surface area contributed by atoms with Crippen LogP contribution in [0.25, 0.3) is 0 Å². The lowest BCUT2D eigenvalue weighted by Gasteiger charge is -2.36. The Balaban J connectivity index is 1.90. The van der Waals surface area contributed by atoms with Gasteiger partial charge in [0.05, 0.1) is 0 Å². The van der Waals surface area contributed by atoms with E-state index in [0.717, 1.165) is 19.4 Å². The van der Waals surface area contributed by atoms with Crippen molar-refractivity contribution in [3.8, 4) is 0 Å². The SMILES string of the molecule is C[C@@H](NCC1(CO)CCCCC1)c1ccccc1. The van der Waals surface area contributed by atoms with Gasteiger partial charge in [0, 0.05) is 24.6 Å². The van der Waals surface area contributed by atoms with Gasteiger partial charge >= 0.3 is 0 Å². The van der Waals surface area contributed by atoms with E-state index in [9.17, 15) is 5.11 Å². The maximum atomic E-state index is 9.68. The van der Waals surface area contributed by atoms with Crippen LogP contribution in [0.4, 0.5) is 0 Å². The fourth-order valence-corrected chi connectivity index (χ4v) is 2.92. The summed E-state index contributed by atoms with van der Waals surface area (Å²) < 4.78 is 0. The van der Waals surface area contributed by atoms with Gasteiger partial charge in [0.15, 0.2) is 0 Å². The molecule has 0 heterocycles. The summed E-state index contributed by atoms with van der Waals surface area (Å²) in [6.45, 7) is 3.45. The fourth-order valence-electron chi connectivity index (χ4n) is 2.92. The molecule has 2 heteroatoms. The molecule has 18 heavy (non-hydrogen) atoms. The lowest BCUT2D eigenvalue weighted by molar-refractivity contribution is 0.0789. The molecule has 0 spiro atoms.